The molecule has 4 aromatic heterocycles. The van der Waals surface area contributed by atoms with Gasteiger partial charge in [-0.2, -0.15) is 15.2 Å². The Bertz CT molecular complexity index is 2540. The first-order valence-corrected chi connectivity index (χ1v) is 20.1. The molecular weight excluding hydrogens is 749 g/mol. The smallest absolute Gasteiger partial charge is 0.328 e. The number of carbonyl (C=O) groups excluding carboxylic acids is 3. The van der Waals surface area contributed by atoms with Crippen LogP contribution >= 0.6 is 0 Å². The van der Waals surface area contributed by atoms with Crippen molar-refractivity contribution in [1.29, 1.82) is 0 Å². The molecule has 1 atom stereocenters. The van der Waals surface area contributed by atoms with Crippen LogP contribution in [0.15, 0.2) is 59.3 Å². The normalized spacial score (nSPS) is 15.8. The zero-order chi connectivity index (χ0) is 41.6. The van der Waals surface area contributed by atoms with E-state index in [1.54, 1.807) is 4.90 Å². The highest BCUT2D eigenvalue weighted by atomic mass is 16.5. The molecule has 0 bridgehead atoms. The molecule has 2 aliphatic heterocycles. The highest BCUT2D eigenvalue weighted by Gasteiger charge is 2.30. The lowest BCUT2D eigenvalue weighted by Gasteiger charge is -2.36. The molecule has 306 valence electrons. The van der Waals surface area contributed by atoms with Crippen molar-refractivity contribution >= 4 is 40.3 Å². The topological polar surface area (TPSA) is 183 Å². The lowest BCUT2D eigenvalue weighted by atomic mass is 9.97. The van der Waals surface area contributed by atoms with Gasteiger partial charge >= 0.3 is 6.03 Å². The Kier molecular flexibility index (Phi) is 10.5. The molecule has 0 saturated carbocycles. The standard InChI is InChI=1S/C43H50N12O4/c1-25-22-30(10-13-33(25)26(2)45-40(57)39-47-41(59-51-39)43(5,6)7)36-34-23-31(24-44-38(34)49-48-36)29-8-11-32(12-9-29)53-19-16-52(17-20-53)18-21-55-28(4)37(27(3)50-55)54-15-14-35(56)46-42(54)58/h8-13,22-24,26H,14-21H2,1-7H3,(H,45,57)(H,44,48,49)(H,46,56,58). The fraction of sp³-hybridized carbons (Fsp3) is 0.395. The lowest BCUT2D eigenvalue weighted by molar-refractivity contribution is -0.120. The SMILES string of the molecule is Cc1cc(-c2[nH]nc3ncc(-c4ccc(N5CCN(CCn6nc(C)c(N7CCC(=O)NC7=O)c6C)CC5)cc4)cc23)ccc1C(C)NC(=O)c1noc(C(C)(C)C)n1. The predicted octanol–water partition coefficient (Wildman–Crippen LogP) is 5.85. The molecule has 2 saturated heterocycles. The van der Waals surface area contributed by atoms with Crippen LogP contribution in [0.2, 0.25) is 0 Å². The van der Waals surface area contributed by atoms with Gasteiger partial charge in [-0.3, -0.25) is 34.5 Å². The number of urea groups is 1. The van der Waals surface area contributed by atoms with Gasteiger partial charge in [-0.05, 0) is 68.7 Å². The minimum Gasteiger partial charge on any atom is -0.369 e. The molecule has 8 rings (SSSR count). The molecule has 4 amide bonds. The number of pyridine rings is 1. The van der Waals surface area contributed by atoms with Crippen LogP contribution in [0.4, 0.5) is 16.2 Å². The van der Waals surface area contributed by atoms with E-state index in [1.165, 1.54) is 5.69 Å². The van der Waals surface area contributed by atoms with Crippen molar-refractivity contribution in [2.75, 3.05) is 49.1 Å². The van der Waals surface area contributed by atoms with E-state index in [2.05, 4.69) is 82.2 Å². The van der Waals surface area contributed by atoms with E-state index >= 15 is 0 Å². The molecule has 2 aromatic carbocycles. The number of amides is 4. The van der Waals surface area contributed by atoms with Crippen LogP contribution in [0.25, 0.3) is 33.4 Å². The fourth-order valence-corrected chi connectivity index (χ4v) is 7.96. The number of nitrogens with zero attached hydrogens (tertiary/aromatic N) is 9. The number of anilines is 2. The lowest BCUT2D eigenvalue weighted by Crippen LogP contribution is -2.50. The maximum Gasteiger partial charge on any atom is 0.328 e. The van der Waals surface area contributed by atoms with Crippen molar-refractivity contribution in [3.8, 4) is 22.4 Å². The second-order valence-electron chi connectivity index (χ2n) is 16.5. The van der Waals surface area contributed by atoms with Gasteiger partial charge in [0.1, 0.15) is 0 Å². The molecule has 16 heteroatoms. The summed E-state index contributed by atoms with van der Waals surface area (Å²) in [6, 6.07) is 16.3. The number of benzene rings is 2. The summed E-state index contributed by atoms with van der Waals surface area (Å²) in [6.45, 7) is 19.3. The highest BCUT2D eigenvalue weighted by Crippen LogP contribution is 2.33. The summed E-state index contributed by atoms with van der Waals surface area (Å²) in [5.41, 5.74) is 9.89. The van der Waals surface area contributed by atoms with E-state index in [4.69, 9.17) is 9.62 Å². The summed E-state index contributed by atoms with van der Waals surface area (Å²) in [4.78, 5) is 52.5. The molecule has 6 heterocycles. The van der Waals surface area contributed by atoms with Crippen molar-refractivity contribution in [3.05, 3.63) is 89.0 Å². The Morgan fingerprint density at radius 3 is 2.37 bits per heavy atom. The number of carbonyl (C=O) groups is 3. The number of aromatic nitrogens is 7. The Labute approximate surface area is 342 Å². The van der Waals surface area contributed by atoms with Crippen molar-refractivity contribution < 1.29 is 18.9 Å². The Morgan fingerprint density at radius 2 is 1.68 bits per heavy atom. The largest absolute Gasteiger partial charge is 0.369 e. The molecule has 0 aliphatic carbocycles. The van der Waals surface area contributed by atoms with Crippen LogP contribution in [0.5, 0.6) is 0 Å². The molecule has 0 spiro atoms. The number of nitrogens with one attached hydrogen (secondary N) is 3. The number of fused-ring (bicyclic) bond motifs is 1. The van der Waals surface area contributed by atoms with Crippen LogP contribution in [0.1, 0.15) is 79.2 Å². The van der Waals surface area contributed by atoms with Gasteiger partial charge in [0.25, 0.3) is 11.7 Å². The van der Waals surface area contributed by atoms with Gasteiger partial charge < -0.3 is 14.7 Å². The first-order valence-electron chi connectivity index (χ1n) is 20.1. The second kappa shape index (κ2) is 15.7. The minimum atomic E-state index is -0.388. The van der Waals surface area contributed by atoms with E-state index in [0.29, 0.717) is 18.1 Å². The molecule has 0 radical (unpaired) electrons. The van der Waals surface area contributed by atoms with Crippen LogP contribution in [-0.2, 0) is 16.8 Å². The predicted molar refractivity (Wildman–Crippen MR) is 224 cm³/mol. The molecule has 6 aromatic rings. The summed E-state index contributed by atoms with van der Waals surface area (Å²) < 4.78 is 7.28. The molecule has 59 heavy (non-hydrogen) atoms. The number of piperazine rings is 1. The number of H-pyrrole nitrogens is 1. The van der Waals surface area contributed by atoms with Gasteiger partial charge in [-0.25, -0.2) is 9.78 Å². The molecule has 16 nitrogen and oxygen atoms in total. The van der Waals surface area contributed by atoms with Crippen LogP contribution in [-0.4, -0.2) is 97.1 Å². The Hall–Kier alpha value is -6.42. The quantitative estimate of drug-likeness (QED) is 0.151. The van der Waals surface area contributed by atoms with Gasteiger partial charge in [-0.1, -0.05) is 50.2 Å². The number of aryl methyl sites for hydroxylation is 2. The number of imide groups is 1. The zero-order valence-corrected chi connectivity index (χ0v) is 34.6. The van der Waals surface area contributed by atoms with E-state index in [1.807, 2.05) is 71.5 Å². The van der Waals surface area contributed by atoms with Gasteiger partial charge in [-0.15, -0.1) is 0 Å². The first kappa shape index (κ1) is 39.4. The third kappa shape index (κ3) is 8.04. The van der Waals surface area contributed by atoms with Crippen molar-refractivity contribution in [2.24, 2.45) is 0 Å². The molecule has 2 fully saturated rings. The average Bonchev–Trinajstić information content (AvgIpc) is 3.95. The maximum absolute atomic E-state index is 12.9. The third-order valence-corrected chi connectivity index (χ3v) is 11.3. The summed E-state index contributed by atoms with van der Waals surface area (Å²) in [5, 5.41) is 22.6. The second-order valence-corrected chi connectivity index (χ2v) is 16.5. The van der Waals surface area contributed by atoms with Crippen LogP contribution < -0.4 is 20.4 Å². The minimum absolute atomic E-state index is 0.0182. The van der Waals surface area contributed by atoms with Crippen LogP contribution in [0, 0.1) is 20.8 Å². The van der Waals surface area contributed by atoms with E-state index in [9.17, 15) is 14.4 Å². The molecular formula is C43H50N12O4. The molecule has 1 unspecified atom stereocenters. The number of hydrogen-bond donors (Lipinski definition) is 3. The van der Waals surface area contributed by atoms with Gasteiger partial charge in [0.15, 0.2) is 5.65 Å². The number of rotatable bonds is 10. The summed E-state index contributed by atoms with van der Waals surface area (Å²) in [5.74, 6) is -0.198. The number of hydrogen-bond acceptors (Lipinski definition) is 11. The van der Waals surface area contributed by atoms with Crippen LogP contribution in [0.3, 0.4) is 0 Å². The highest BCUT2D eigenvalue weighted by molar-refractivity contribution is 6.06. The summed E-state index contributed by atoms with van der Waals surface area (Å²) in [7, 11) is 0. The maximum atomic E-state index is 12.9. The Balaban J connectivity index is 0.882. The molecule has 2 aliphatic rings. The number of aromatic amines is 1. The van der Waals surface area contributed by atoms with Crippen molar-refractivity contribution in [3.63, 3.8) is 0 Å². The van der Waals surface area contributed by atoms with Crippen molar-refractivity contribution in [1.82, 2.24) is 50.6 Å². The van der Waals surface area contributed by atoms with Crippen molar-refractivity contribution in [2.45, 2.75) is 72.9 Å². The average molecular weight is 799 g/mol. The van der Waals surface area contributed by atoms with Gasteiger partial charge in [0.05, 0.1) is 35.4 Å². The van der Waals surface area contributed by atoms with Gasteiger partial charge in [0.2, 0.25) is 11.8 Å². The van der Waals surface area contributed by atoms with E-state index in [-0.39, 0.29) is 41.5 Å². The van der Waals surface area contributed by atoms with E-state index in [0.717, 1.165) is 95.2 Å². The van der Waals surface area contributed by atoms with Gasteiger partial charge in [0, 0.05) is 79.5 Å². The monoisotopic (exact) mass is 798 g/mol. The Morgan fingerprint density at radius 1 is 0.932 bits per heavy atom. The first-order chi connectivity index (χ1) is 28.2. The molecule has 3 N–H and O–H groups in total. The summed E-state index contributed by atoms with van der Waals surface area (Å²) in [6.07, 6.45) is 2.15. The van der Waals surface area contributed by atoms with E-state index < -0.39 is 0 Å². The third-order valence-electron chi connectivity index (χ3n) is 11.3. The zero-order valence-electron chi connectivity index (χ0n) is 34.6. The summed E-state index contributed by atoms with van der Waals surface area (Å²) >= 11 is 0. The fourth-order valence-electron chi connectivity index (χ4n) is 7.96.